The van der Waals surface area contributed by atoms with Crippen LogP contribution in [-0.2, 0) is 0 Å². The fourth-order valence-electron chi connectivity index (χ4n) is 7.54. The summed E-state index contributed by atoms with van der Waals surface area (Å²) in [5.74, 6) is 3.51. The van der Waals surface area contributed by atoms with Crippen molar-refractivity contribution < 1.29 is 0 Å². The minimum atomic E-state index is 0.514. The predicted octanol–water partition coefficient (Wildman–Crippen LogP) is 3.92. The van der Waals surface area contributed by atoms with E-state index in [0.717, 1.165) is 23.7 Å². The highest BCUT2D eigenvalue weighted by atomic mass is 15.2. The molecule has 0 spiro atoms. The van der Waals surface area contributed by atoms with Gasteiger partial charge in [0.2, 0.25) is 0 Å². The molecule has 0 aromatic carbocycles. The van der Waals surface area contributed by atoms with Crippen LogP contribution >= 0.6 is 0 Å². The maximum atomic E-state index is 4.77. The molecule has 0 aromatic heterocycles. The molecule has 0 saturated heterocycles. The fraction of sp³-hybridized carbons (Fsp3) is 1.00. The van der Waals surface area contributed by atoms with Crippen LogP contribution in [-0.4, -0.2) is 12.1 Å². The van der Waals surface area contributed by atoms with Crippen molar-refractivity contribution in [2.75, 3.05) is 0 Å². The largest absolute Gasteiger partial charge is 0.190 e. The van der Waals surface area contributed by atoms with Gasteiger partial charge in [-0.25, -0.2) is 0 Å². The topological polar surface area (TPSA) is 24.7 Å². The monoisotopic (exact) mass is 244 g/mol. The lowest BCUT2D eigenvalue weighted by Gasteiger charge is -2.61. The van der Waals surface area contributed by atoms with E-state index in [1.165, 1.54) is 19.3 Å². The minimum Gasteiger partial charge on any atom is -0.190 e. The molecule has 4 aliphatic carbocycles. The first-order valence-corrected chi connectivity index (χ1v) is 7.86. The standard InChI is InChI=1S/C16H24N2/c1-14(2)15(3)10-11(16(14,15)4)13-9-7-5-6-8(9)12(10)17-18-13/h8-13H,5-7H2,1-4H3/t8-,9+,10+,11-,12-,13+,15-,16+. The summed E-state index contributed by atoms with van der Waals surface area (Å²) < 4.78 is 0. The summed E-state index contributed by atoms with van der Waals surface area (Å²) in [6, 6.07) is 1.18. The number of hydrogen-bond acceptors (Lipinski definition) is 2. The molecule has 0 unspecified atom stereocenters. The van der Waals surface area contributed by atoms with Crippen LogP contribution in [0.5, 0.6) is 0 Å². The van der Waals surface area contributed by atoms with Gasteiger partial charge in [-0.1, -0.05) is 34.1 Å². The van der Waals surface area contributed by atoms with Crippen molar-refractivity contribution >= 4 is 0 Å². The van der Waals surface area contributed by atoms with E-state index in [0.29, 0.717) is 28.3 Å². The number of azo groups is 1. The van der Waals surface area contributed by atoms with Gasteiger partial charge in [-0.2, -0.15) is 10.2 Å². The van der Waals surface area contributed by atoms with Crippen LogP contribution in [0.2, 0.25) is 0 Å². The first-order chi connectivity index (χ1) is 8.46. The number of nitrogens with zero attached hydrogens (tertiary/aromatic N) is 2. The van der Waals surface area contributed by atoms with Crippen molar-refractivity contribution in [1.29, 1.82) is 0 Å². The van der Waals surface area contributed by atoms with Crippen LogP contribution in [0.4, 0.5) is 0 Å². The Kier molecular flexibility index (Phi) is 1.42. The van der Waals surface area contributed by atoms with Crippen LogP contribution < -0.4 is 0 Å². The van der Waals surface area contributed by atoms with Crippen LogP contribution in [0.15, 0.2) is 10.2 Å². The first kappa shape index (κ1) is 10.4. The SMILES string of the molecule is CC1(C)[C@]2(C)[C@H]3[C@H]4N=N[C@H]([C@@H]5CCC[C@@H]54)[C@H]3[C@]12C. The zero-order valence-electron chi connectivity index (χ0n) is 12.0. The predicted molar refractivity (Wildman–Crippen MR) is 70.2 cm³/mol. The Balaban J connectivity index is 1.66. The van der Waals surface area contributed by atoms with Crippen molar-refractivity contribution in [3.8, 4) is 0 Å². The highest BCUT2D eigenvalue weighted by Crippen LogP contribution is 2.95. The highest BCUT2D eigenvalue weighted by Gasteiger charge is 2.94. The Morgan fingerprint density at radius 3 is 1.67 bits per heavy atom. The summed E-state index contributed by atoms with van der Waals surface area (Å²) in [6.45, 7) is 10.1. The molecule has 2 heterocycles. The van der Waals surface area contributed by atoms with Gasteiger partial charge in [-0.3, -0.25) is 0 Å². The molecular formula is C16H24N2. The Bertz CT molecular complexity index is 441. The van der Waals surface area contributed by atoms with Gasteiger partial charge in [0.25, 0.3) is 0 Å². The molecule has 6 aliphatic rings. The molecule has 2 bridgehead atoms. The molecule has 4 saturated carbocycles. The highest BCUT2D eigenvalue weighted by molar-refractivity contribution is 5.41. The normalized spacial score (nSPS) is 69.1. The molecule has 6 rings (SSSR count). The molecule has 2 nitrogen and oxygen atoms in total. The van der Waals surface area contributed by atoms with Crippen LogP contribution in [0.1, 0.15) is 47.0 Å². The van der Waals surface area contributed by atoms with E-state index >= 15 is 0 Å². The summed E-state index contributed by atoms with van der Waals surface area (Å²) in [5.41, 5.74) is 1.63. The Morgan fingerprint density at radius 1 is 0.778 bits per heavy atom. The van der Waals surface area contributed by atoms with Crippen molar-refractivity contribution in [3.63, 3.8) is 0 Å². The first-order valence-electron chi connectivity index (χ1n) is 7.86. The third-order valence-electron chi connectivity index (χ3n) is 8.90. The second-order valence-corrected chi connectivity index (χ2v) is 8.55. The summed E-state index contributed by atoms with van der Waals surface area (Å²) in [4.78, 5) is 0. The van der Waals surface area contributed by atoms with Gasteiger partial charge < -0.3 is 0 Å². The molecule has 2 heteroatoms. The molecule has 2 aliphatic heterocycles. The van der Waals surface area contributed by atoms with E-state index < -0.39 is 0 Å². The molecule has 4 fully saturated rings. The second kappa shape index (κ2) is 2.45. The zero-order chi connectivity index (χ0) is 12.5. The smallest absolute Gasteiger partial charge is 0.0777 e. The van der Waals surface area contributed by atoms with Crippen LogP contribution in [0, 0.1) is 39.9 Å². The zero-order valence-corrected chi connectivity index (χ0v) is 12.0. The van der Waals surface area contributed by atoms with E-state index in [1.54, 1.807) is 0 Å². The summed E-state index contributed by atoms with van der Waals surface area (Å²) >= 11 is 0. The van der Waals surface area contributed by atoms with E-state index in [2.05, 4.69) is 27.7 Å². The summed E-state index contributed by atoms with van der Waals surface area (Å²) in [6.07, 6.45) is 4.30. The Labute approximate surface area is 110 Å². The molecule has 98 valence electrons. The van der Waals surface area contributed by atoms with Gasteiger partial charge in [-0.15, -0.1) is 0 Å². The summed E-state index contributed by atoms with van der Waals surface area (Å²) in [5, 5.41) is 9.53. The van der Waals surface area contributed by atoms with E-state index in [1.807, 2.05) is 0 Å². The molecule has 0 aromatic rings. The summed E-state index contributed by atoms with van der Waals surface area (Å²) in [7, 11) is 0. The average Bonchev–Trinajstić information content (AvgIpc) is 2.79. The molecule has 8 atom stereocenters. The van der Waals surface area contributed by atoms with Gasteiger partial charge in [0.05, 0.1) is 12.1 Å². The van der Waals surface area contributed by atoms with Crippen molar-refractivity contribution in [3.05, 3.63) is 0 Å². The fourth-order valence-corrected chi connectivity index (χ4v) is 7.54. The lowest BCUT2D eigenvalue weighted by Crippen LogP contribution is -2.63. The van der Waals surface area contributed by atoms with Gasteiger partial charge >= 0.3 is 0 Å². The van der Waals surface area contributed by atoms with Gasteiger partial charge in [0.15, 0.2) is 0 Å². The van der Waals surface area contributed by atoms with Crippen molar-refractivity contribution in [2.24, 2.45) is 50.1 Å². The number of fused-ring (bicyclic) bond motifs is 1. The lowest BCUT2D eigenvalue weighted by atomic mass is 9.46. The molecule has 0 radical (unpaired) electrons. The third-order valence-corrected chi connectivity index (χ3v) is 8.90. The van der Waals surface area contributed by atoms with Crippen LogP contribution in [0.25, 0.3) is 0 Å². The molecule has 0 N–H and O–H groups in total. The Hall–Kier alpha value is -0.400. The molecule has 0 amide bonds. The van der Waals surface area contributed by atoms with Gasteiger partial charge in [0, 0.05) is 0 Å². The molecule has 18 heavy (non-hydrogen) atoms. The quantitative estimate of drug-likeness (QED) is 0.617. The number of rotatable bonds is 0. The number of hydrogen-bond donors (Lipinski definition) is 0. The maximum absolute atomic E-state index is 4.77. The maximum Gasteiger partial charge on any atom is 0.0777 e. The average molecular weight is 244 g/mol. The van der Waals surface area contributed by atoms with E-state index in [9.17, 15) is 0 Å². The lowest BCUT2D eigenvalue weighted by molar-refractivity contribution is -0.114. The second-order valence-electron chi connectivity index (χ2n) is 8.55. The third kappa shape index (κ3) is 0.649. The van der Waals surface area contributed by atoms with E-state index in [4.69, 9.17) is 10.2 Å². The van der Waals surface area contributed by atoms with Crippen molar-refractivity contribution in [2.45, 2.75) is 59.0 Å². The Morgan fingerprint density at radius 2 is 1.22 bits per heavy atom. The van der Waals surface area contributed by atoms with Gasteiger partial charge in [-0.05, 0) is 52.8 Å². The van der Waals surface area contributed by atoms with Gasteiger partial charge in [0.1, 0.15) is 0 Å². The van der Waals surface area contributed by atoms with Crippen molar-refractivity contribution in [1.82, 2.24) is 0 Å². The van der Waals surface area contributed by atoms with E-state index in [-0.39, 0.29) is 0 Å². The molecular weight excluding hydrogens is 220 g/mol. The minimum absolute atomic E-state index is 0.514. The van der Waals surface area contributed by atoms with Crippen LogP contribution in [0.3, 0.4) is 0 Å².